The van der Waals surface area contributed by atoms with Gasteiger partial charge in [-0.15, -0.1) is 10.2 Å². The number of hydrogen-bond donors (Lipinski definition) is 1. The fraction of sp³-hybridized carbons (Fsp3) is 0.333. The summed E-state index contributed by atoms with van der Waals surface area (Å²) in [5.41, 5.74) is 2.97. The van der Waals surface area contributed by atoms with Gasteiger partial charge in [-0.1, -0.05) is 43.8 Å². The van der Waals surface area contributed by atoms with Crippen LogP contribution in [0, 0.1) is 12.8 Å². The number of carbonyl (C=O) groups is 1. The molecule has 3 aromatic rings. The maximum atomic E-state index is 12.3. The number of amides is 1. The number of aryl methyl sites for hydroxylation is 1. The number of rotatable bonds is 7. The van der Waals surface area contributed by atoms with Crippen molar-refractivity contribution in [3.63, 3.8) is 0 Å². The van der Waals surface area contributed by atoms with Crippen LogP contribution in [0.3, 0.4) is 0 Å². The summed E-state index contributed by atoms with van der Waals surface area (Å²) in [5.74, 6) is 1.38. The summed E-state index contributed by atoms with van der Waals surface area (Å²) >= 11 is 1.38. The Hall–Kier alpha value is -2.67. The molecule has 2 aromatic heterocycles. The van der Waals surface area contributed by atoms with E-state index in [-0.39, 0.29) is 17.7 Å². The zero-order valence-corrected chi connectivity index (χ0v) is 17.4. The molecule has 1 aromatic carbocycles. The molecule has 3 rings (SSSR count). The van der Waals surface area contributed by atoms with E-state index >= 15 is 0 Å². The molecule has 0 saturated heterocycles. The van der Waals surface area contributed by atoms with Crippen molar-refractivity contribution in [3.05, 3.63) is 54.4 Å². The minimum absolute atomic E-state index is 0.00605. The van der Waals surface area contributed by atoms with Crippen molar-refractivity contribution in [2.45, 2.75) is 38.9 Å². The van der Waals surface area contributed by atoms with Crippen molar-refractivity contribution in [2.24, 2.45) is 5.92 Å². The molecule has 1 atom stereocenters. The van der Waals surface area contributed by atoms with E-state index in [0.717, 1.165) is 16.8 Å². The Morgan fingerprint density at radius 2 is 1.93 bits per heavy atom. The van der Waals surface area contributed by atoms with E-state index < -0.39 is 0 Å². The molecule has 0 fully saturated rings. The standard InChI is InChI=1S/C21H25N5OS/c1-14(2)16(4)23-19(27)13-28-21-25-24-20(17-9-7-11-22-12-17)26(21)18-10-6-5-8-15(18)3/h5-12,14,16H,13H2,1-4H3,(H,23,27). The lowest BCUT2D eigenvalue weighted by Crippen LogP contribution is -2.37. The third-order valence-electron chi connectivity index (χ3n) is 4.63. The van der Waals surface area contributed by atoms with Crippen molar-refractivity contribution < 1.29 is 4.79 Å². The highest BCUT2D eigenvalue weighted by atomic mass is 32.2. The van der Waals surface area contributed by atoms with Crippen LogP contribution in [0.1, 0.15) is 26.3 Å². The van der Waals surface area contributed by atoms with Crippen LogP contribution < -0.4 is 5.32 Å². The minimum Gasteiger partial charge on any atom is -0.353 e. The second-order valence-corrected chi connectivity index (χ2v) is 8.00. The number of carbonyl (C=O) groups excluding carboxylic acids is 1. The fourth-order valence-electron chi connectivity index (χ4n) is 2.67. The topological polar surface area (TPSA) is 72.7 Å². The van der Waals surface area contributed by atoms with Gasteiger partial charge in [-0.25, -0.2) is 0 Å². The summed E-state index contributed by atoms with van der Waals surface area (Å²) in [6.45, 7) is 8.25. The Balaban J connectivity index is 1.91. The Bertz CT molecular complexity index is 939. The smallest absolute Gasteiger partial charge is 0.230 e. The lowest BCUT2D eigenvalue weighted by molar-refractivity contribution is -0.119. The first-order valence-corrected chi connectivity index (χ1v) is 10.3. The number of para-hydroxylation sites is 1. The fourth-order valence-corrected chi connectivity index (χ4v) is 3.43. The first-order chi connectivity index (χ1) is 13.5. The number of nitrogens with zero attached hydrogens (tertiary/aromatic N) is 4. The molecular formula is C21H25N5OS. The lowest BCUT2D eigenvalue weighted by atomic mass is 10.1. The summed E-state index contributed by atoms with van der Waals surface area (Å²) in [4.78, 5) is 16.5. The maximum Gasteiger partial charge on any atom is 0.230 e. The Labute approximate surface area is 169 Å². The van der Waals surface area contributed by atoms with Crippen LogP contribution in [-0.4, -0.2) is 37.5 Å². The molecule has 0 saturated carbocycles. The van der Waals surface area contributed by atoms with Crippen molar-refractivity contribution >= 4 is 17.7 Å². The van der Waals surface area contributed by atoms with E-state index in [0.29, 0.717) is 16.9 Å². The molecule has 146 valence electrons. The molecule has 1 unspecified atom stereocenters. The molecule has 7 heteroatoms. The molecule has 6 nitrogen and oxygen atoms in total. The van der Waals surface area contributed by atoms with Crippen molar-refractivity contribution in [3.8, 4) is 17.1 Å². The monoisotopic (exact) mass is 395 g/mol. The summed E-state index contributed by atoms with van der Waals surface area (Å²) in [6.07, 6.45) is 3.50. The van der Waals surface area contributed by atoms with Crippen LogP contribution in [0.25, 0.3) is 17.1 Å². The van der Waals surface area contributed by atoms with Gasteiger partial charge in [0.05, 0.1) is 11.4 Å². The van der Waals surface area contributed by atoms with Crippen LogP contribution in [0.15, 0.2) is 53.9 Å². The number of aromatic nitrogens is 4. The van der Waals surface area contributed by atoms with Crippen LogP contribution in [-0.2, 0) is 4.79 Å². The van der Waals surface area contributed by atoms with Crippen molar-refractivity contribution in [2.75, 3.05) is 5.75 Å². The molecule has 1 N–H and O–H groups in total. The minimum atomic E-state index is -0.00605. The molecule has 0 aliphatic rings. The van der Waals surface area contributed by atoms with E-state index in [2.05, 4.69) is 34.3 Å². The number of benzene rings is 1. The van der Waals surface area contributed by atoms with Gasteiger partial charge in [0, 0.05) is 24.0 Å². The van der Waals surface area contributed by atoms with E-state index in [1.165, 1.54) is 11.8 Å². The molecule has 2 heterocycles. The maximum absolute atomic E-state index is 12.3. The number of thioether (sulfide) groups is 1. The van der Waals surface area contributed by atoms with E-state index in [4.69, 9.17) is 0 Å². The Morgan fingerprint density at radius 3 is 2.61 bits per heavy atom. The van der Waals surface area contributed by atoms with Gasteiger partial charge < -0.3 is 5.32 Å². The molecule has 1 amide bonds. The third-order valence-corrected chi connectivity index (χ3v) is 5.56. The van der Waals surface area contributed by atoms with Gasteiger partial charge in [0.15, 0.2) is 11.0 Å². The zero-order chi connectivity index (χ0) is 20.1. The molecule has 28 heavy (non-hydrogen) atoms. The van der Waals surface area contributed by atoms with E-state index in [9.17, 15) is 4.79 Å². The van der Waals surface area contributed by atoms with Crippen LogP contribution in [0.2, 0.25) is 0 Å². The number of hydrogen-bond acceptors (Lipinski definition) is 5. The largest absolute Gasteiger partial charge is 0.353 e. The normalized spacial score (nSPS) is 12.2. The van der Waals surface area contributed by atoms with Gasteiger partial charge in [-0.3, -0.25) is 14.3 Å². The highest BCUT2D eigenvalue weighted by Crippen LogP contribution is 2.29. The summed E-state index contributed by atoms with van der Waals surface area (Å²) in [6, 6.07) is 12.0. The zero-order valence-electron chi connectivity index (χ0n) is 16.6. The predicted molar refractivity (Wildman–Crippen MR) is 112 cm³/mol. The molecule has 0 aliphatic heterocycles. The second kappa shape index (κ2) is 9.01. The molecule has 0 aliphatic carbocycles. The highest BCUT2D eigenvalue weighted by Gasteiger charge is 2.19. The lowest BCUT2D eigenvalue weighted by Gasteiger charge is -2.17. The summed E-state index contributed by atoms with van der Waals surface area (Å²) in [7, 11) is 0. The van der Waals surface area contributed by atoms with Gasteiger partial charge in [-0.2, -0.15) is 0 Å². The average Bonchev–Trinajstić information content (AvgIpc) is 3.11. The molecule has 0 radical (unpaired) electrons. The predicted octanol–water partition coefficient (Wildman–Crippen LogP) is 3.89. The highest BCUT2D eigenvalue weighted by molar-refractivity contribution is 7.99. The van der Waals surface area contributed by atoms with Gasteiger partial charge in [-0.05, 0) is 43.5 Å². The van der Waals surface area contributed by atoms with E-state index in [1.54, 1.807) is 12.4 Å². The third kappa shape index (κ3) is 4.59. The van der Waals surface area contributed by atoms with E-state index in [1.807, 2.05) is 54.8 Å². The second-order valence-electron chi connectivity index (χ2n) is 7.06. The quantitative estimate of drug-likeness (QED) is 0.615. The average molecular weight is 396 g/mol. The number of nitrogens with one attached hydrogen (secondary N) is 1. The SMILES string of the molecule is Cc1ccccc1-n1c(SCC(=O)NC(C)C(C)C)nnc1-c1cccnc1. The first kappa shape index (κ1) is 20.1. The van der Waals surface area contributed by atoms with Gasteiger partial charge >= 0.3 is 0 Å². The van der Waals surface area contributed by atoms with Crippen LogP contribution >= 0.6 is 11.8 Å². The molecule has 0 bridgehead atoms. The molecular weight excluding hydrogens is 370 g/mol. The summed E-state index contributed by atoms with van der Waals surface area (Å²) in [5, 5.41) is 12.5. The van der Waals surface area contributed by atoms with Gasteiger partial charge in [0.2, 0.25) is 5.91 Å². The number of pyridine rings is 1. The Morgan fingerprint density at radius 1 is 1.14 bits per heavy atom. The summed E-state index contributed by atoms with van der Waals surface area (Å²) < 4.78 is 2.00. The van der Waals surface area contributed by atoms with Crippen molar-refractivity contribution in [1.82, 2.24) is 25.1 Å². The van der Waals surface area contributed by atoms with Crippen LogP contribution in [0.5, 0.6) is 0 Å². The molecule has 0 spiro atoms. The van der Waals surface area contributed by atoms with Crippen LogP contribution in [0.4, 0.5) is 0 Å². The Kier molecular flexibility index (Phi) is 6.46. The first-order valence-electron chi connectivity index (χ1n) is 9.31. The van der Waals surface area contributed by atoms with Gasteiger partial charge in [0.25, 0.3) is 0 Å². The van der Waals surface area contributed by atoms with Gasteiger partial charge in [0.1, 0.15) is 0 Å². The van der Waals surface area contributed by atoms with Crippen molar-refractivity contribution in [1.29, 1.82) is 0 Å².